The van der Waals surface area contributed by atoms with Crippen LogP contribution in [0.5, 0.6) is 0 Å². The van der Waals surface area contributed by atoms with Crippen molar-refractivity contribution in [2.75, 3.05) is 0 Å². The van der Waals surface area contributed by atoms with Crippen LogP contribution in [0.3, 0.4) is 0 Å². The number of halogens is 1. The molecular formula is C19H12BrN. The molecule has 0 fully saturated rings. The van der Waals surface area contributed by atoms with Crippen LogP contribution < -0.4 is 0 Å². The number of hydrogen-bond donors (Lipinski definition) is 0. The number of hydrogen-bond acceptors (Lipinski definition) is 1. The molecule has 0 saturated heterocycles. The zero-order valence-corrected chi connectivity index (χ0v) is 12.8. The van der Waals surface area contributed by atoms with E-state index in [4.69, 9.17) is 0 Å². The molecule has 4 rings (SSSR count). The van der Waals surface area contributed by atoms with Crippen LogP contribution in [0.15, 0.2) is 77.4 Å². The summed E-state index contributed by atoms with van der Waals surface area (Å²) >= 11 is 3.47. The van der Waals surface area contributed by atoms with E-state index in [-0.39, 0.29) is 0 Å². The van der Waals surface area contributed by atoms with Gasteiger partial charge in [-0.25, -0.2) is 0 Å². The van der Waals surface area contributed by atoms with Gasteiger partial charge >= 0.3 is 0 Å². The first kappa shape index (κ1) is 12.5. The maximum atomic E-state index is 4.60. The monoisotopic (exact) mass is 333 g/mol. The van der Waals surface area contributed by atoms with Crippen LogP contribution in [-0.4, -0.2) is 4.98 Å². The summed E-state index contributed by atoms with van der Waals surface area (Å²) in [4.78, 5) is 4.60. The van der Waals surface area contributed by atoms with Crippen LogP contribution in [0.4, 0.5) is 0 Å². The smallest absolute Gasteiger partial charge is 0.0714 e. The summed E-state index contributed by atoms with van der Waals surface area (Å²) in [6.45, 7) is 0. The molecule has 21 heavy (non-hydrogen) atoms. The Balaban J connectivity index is 1.94. The van der Waals surface area contributed by atoms with E-state index < -0.39 is 0 Å². The third kappa shape index (κ3) is 2.22. The zero-order valence-electron chi connectivity index (χ0n) is 11.3. The van der Waals surface area contributed by atoms with E-state index in [0.29, 0.717) is 0 Å². The molecule has 1 nitrogen and oxygen atoms in total. The second-order valence-corrected chi connectivity index (χ2v) is 6.00. The molecule has 2 heteroatoms. The first-order valence-electron chi connectivity index (χ1n) is 6.85. The van der Waals surface area contributed by atoms with E-state index >= 15 is 0 Å². The number of nitrogens with zero attached hydrogens (tertiary/aromatic N) is 1. The SMILES string of the molecule is Brc1ccc(-c2ccc3c(c2)ncc2ccccc23)cc1. The lowest BCUT2D eigenvalue weighted by Crippen LogP contribution is -1.84. The average molecular weight is 334 g/mol. The second kappa shape index (κ2) is 4.97. The van der Waals surface area contributed by atoms with Crippen LogP contribution in [0.1, 0.15) is 0 Å². The highest BCUT2D eigenvalue weighted by atomic mass is 79.9. The van der Waals surface area contributed by atoms with E-state index in [1.807, 2.05) is 12.3 Å². The molecule has 100 valence electrons. The molecule has 0 N–H and O–H groups in total. The number of rotatable bonds is 1. The Hall–Kier alpha value is -2.19. The van der Waals surface area contributed by atoms with Gasteiger partial charge in [0.25, 0.3) is 0 Å². The van der Waals surface area contributed by atoms with Crippen molar-refractivity contribution in [2.45, 2.75) is 0 Å². The Bertz CT molecular complexity index is 942. The first-order valence-corrected chi connectivity index (χ1v) is 7.64. The number of pyridine rings is 1. The molecule has 0 saturated carbocycles. The fraction of sp³-hybridized carbons (Fsp3) is 0. The van der Waals surface area contributed by atoms with Crippen molar-refractivity contribution < 1.29 is 0 Å². The second-order valence-electron chi connectivity index (χ2n) is 5.08. The number of aromatic nitrogens is 1. The molecule has 0 atom stereocenters. The maximum absolute atomic E-state index is 4.60. The Labute approximate surface area is 131 Å². The summed E-state index contributed by atoms with van der Waals surface area (Å²) < 4.78 is 1.09. The topological polar surface area (TPSA) is 12.9 Å². The lowest BCUT2D eigenvalue weighted by molar-refractivity contribution is 1.44. The summed E-state index contributed by atoms with van der Waals surface area (Å²) in [5.74, 6) is 0. The summed E-state index contributed by atoms with van der Waals surface area (Å²) in [5, 5.41) is 3.64. The van der Waals surface area contributed by atoms with Gasteiger partial charge in [-0.2, -0.15) is 0 Å². The highest BCUT2D eigenvalue weighted by Gasteiger charge is 2.04. The van der Waals surface area contributed by atoms with Crippen LogP contribution in [0.2, 0.25) is 0 Å². The molecule has 0 unspecified atom stereocenters. The van der Waals surface area contributed by atoms with Crippen molar-refractivity contribution >= 4 is 37.6 Å². The molecule has 0 bridgehead atoms. The standard InChI is InChI=1S/C19H12BrN/c20-16-8-5-13(6-9-16)14-7-10-18-17-4-2-1-3-15(17)12-21-19(18)11-14/h1-12H. The van der Waals surface area contributed by atoms with E-state index in [1.165, 1.54) is 27.3 Å². The first-order chi connectivity index (χ1) is 10.3. The van der Waals surface area contributed by atoms with Crippen molar-refractivity contribution in [3.05, 3.63) is 77.4 Å². The molecule has 3 aromatic carbocycles. The van der Waals surface area contributed by atoms with Crippen molar-refractivity contribution in [1.82, 2.24) is 4.98 Å². The summed E-state index contributed by atoms with van der Waals surface area (Å²) in [6.07, 6.45) is 1.95. The normalized spacial score (nSPS) is 11.1. The Kier molecular flexibility index (Phi) is 2.97. The van der Waals surface area contributed by atoms with Crippen LogP contribution >= 0.6 is 15.9 Å². The van der Waals surface area contributed by atoms with Gasteiger partial charge in [0.05, 0.1) is 5.52 Å². The Morgan fingerprint density at radius 3 is 2.33 bits per heavy atom. The van der Waals surface area contributed by atoms with E-state index in [0.717, 1.165) is 9.99 Å². The van der Waals surface area contributed by atoms with Gasteiger partial charge in [-0.3, -0.25) is 4.98 Å². The van der Waals surface area contributed by atoms with Gasteiger partial charge in [-0.15, -0.1) is 0 Å². The molecule has 0 spiro atoms. The molecule has 1 aromatic heterocycles. The molecule has 0 aliphatic heterocycles. The molecule has 0 aliphatic rings. The highest BCUT2D eigenvalue weighted by molar-refractivity contribution is 9.10. The average Bonchev–Trinajstić information content (AvgIpc) is 2.55. The summed E-state index contributed by atoms with van der Waals surface area (Å²) in [6, 6.07) is 23.2. The van der Waals surface area contributed by atoms with Gasteiger partial charge in [0.2, 0.25) is 0 Å². The van der Waals surface area contributed by atoms with E-state index in [9.17, 15) is 0 Å². The fourth-order valence-corrected chi connectivity index (χ4v) is 2.95. The Morgan fingerprint density at radius 2 is 1.48 bits per heavy atom. The zero-order chi connectivity index (χ0) is 14.2. The number of fused-ring (bicyclic) bond motifs is 3. The number of benzene rings is 3. The lowest BCUT2D eigenvalue weighted by atomic mass is 10.0. The third-order valence-electron chi connectivity index (χ3n) is 3.77. The third-order valence-corrected chi connectivity index (χ3v) is 4.30. The minimum Gasteiger partial charge on any atom is -0.256 e. The van der Waals surface area contributed by atoms with Gasteiger partial charge in [0, 0.05) is 21.4 Å². The predicted molar refractivity (Wildman–Crippen MR) is 92.4 cm³/mol. The van der Waals surface area contributed by atoms with Crippen molar-refractivity contribution in [3.8, 4) is 11.1 Å². The molecular weight excluding hydrogens is 322 g/mol. The van der Waals surface area contributed by atoms with Crippen molar-refractivity contribution in [1.29, 1.82) is 0 Å². The lowest BCUT2D eigenvalue weighted by Gasteiger charge is -2.06. The molecule has 0 amide bonds. The fourth-order valence-electron chi connectivity index (χ4n) is 2.68. The van der Waals surface area contributed by atoms with Crippen LogP contribution in [-0.2, 0) is 0 Å². The van der Waals surface area contributed by atoms with Gasteiger partial charge in [-0.05, 0) is 34.7 Å². The maximum Gasteiger partial charge on any atom is 0.0714 e. The van der Waals surface area contributed by atoms with Crippen molar-refractivity contribution in [3.63, 3.8) is 0 Å². The molecule has 0 radical (unpaired) electrons. The summed E-state index contributed by atoms with van der Waals surface area (Å²) in [7, 11) is 0. The minimum atomic E-state index is 1.04. The summed E-state index contributed by atoms with van der Waals surface area (Å²) in [5.41, 5.74) is 3.43. The van der Waals surface area contributed by atoms with Gasteiger partial charge in [-0.1, -0.05) is 64.5 Å². The van der Waals surface area contributed by atoms with Gasteiger partial charge in [0.15, 0.2) is 0 Å². The van der Waals surface area contributed by atoms with Gasteiger partial charge < -0.3 is 0 Å². The van der Waals surface area contributed by atoms with Gasteiger partial charge in [0.1, 0.15) is 0 Å². The quantitative estimate of drug-likeness (QED) is 0.400. The van der Waals surface area contributed by atoms with Crippen LogP contribution in [0, 0.1) is 0 Å². The minimum absolute atomic E-state index is 1.04. The molecule has 4 aromatic rings. The highest BCUT2D eigenvalue weighted by Crippen LogP contribution is 2.28. The largest absolute Gasteiger partial charge is 0.256 e. The van der Waals surface area contributed by atoms with Crippen LogP contribution in [0.25, 0.3) is 32.8 Å². The Morgan fingerprint density at radius 1 is 0.714 bits per heavy atom. The van der Waals surface area contributed by atoms with Crippen molar-refractivity contribution in [2.24, 2.45) is 0 Å². The van der Waals surface area contributed by atoms with E-state index in [1.54, 1.807) is 0 Å². The van der Waals surface area contributed by atoms with E-state index in [2.05, 4.69) is 81.6 Å². The predicted octanol–water partition coefficient (Wildman–Crippen LogP) is 5.82. The molecule has 1 heterocycles. The molecule has 0 aliphatic carbocycles.